The summed E-state index contributed by atoms with van der Waals surface area (Å²) < 4.78 is 1.80. The van der Waals surface area contributed by atoms with E-state index in [2.05, 4.69) is 22.3 Å². The Bertz CT molecular complexity index is 825. The van der Waals surface area contributed by atoms with Gasteiger partial charge in [0.1, 0.15) is 5.15 Å². The van der Waals surface area contributed by atoms with Crippen molar-refractivity contribution >= 4 is 23.5 Å². The van der Waals surface area contributed by atoms with Gasteiger partial charge >= 0.3 is 0 Å². The monoisotopic (exact) mass is 338 g/mol. The van der Waals surface area contributed by atoms with Crippen LogP contribution in [0.25, 0.3) is 0 Å². The van der Waals surface area contributed by atoms with Crippen molar-refractivity contribution in [2.75, 3.05) is 12.1 Å². The Hall–Kier alpha value is -2.59. The molecule has 5 heteroatoms. The van der Waals surface area contributed by atoms with Crippen LogP contribution in [0.5, 0.6) is 0 Å². The maximum atomic E-state index is 6.50. The molecule has 0 amide bonds. The third-order valence-corrected chi connectivity index (χ3v) is 4.17. The van der Waals surface area contributed by atoms with Crippen LogP contribution in [0.4, 0.5) is 5.69 Å². The number of hydrazone groups is 1. The molecule has 0 atom stereocenters. The van der Waals surface area contributed by atoms with Gasteiger partial charge in [0.05, 0.1) is 29.7 Å². The molecule has 0 fully saturated rings. The fourth-order valence-electron chi connectivity index (χ4n) is 2.43. The summed E-state index contributed by atoms with van der Waals surface area (Å²) in [7, 11) is 1.91. The molecule has 3 rings (SSSR count). The number of benzene rings is 2. The average Bonchev–Trinajstić information content (AvgIpc) is 2.88. The molecule has 4 nitrogen and oxygen atoms in total. The Morgan fingerprint density at radius 3 is 2.38 bits per heavy atom. The molecule has 1 aromatic heterocycles. The first-order valence-electron chi connectivity index (χ1n) is 7.75. The number of para-hydroxylation sites is 1. The number of aromatic nitrogens is 2. The van der Waals surface area contributed by atoms with Crippen molar-refractivity contribution < 1.29 is 0 Å². The van der Waals surface area contributed by atoms with E-state index < -0.39 is 0 Å². The Kier molecular flexibility index (Phi) is 4.96. The molecule has 0 bridgehead atoms. The summed E-state index contributed by atoms with van der Waals surface area (Å²) in [5.41, 5.74) is 3.88. The molecule has 0 saturated carbocycles. The smallest absolute Gasteiger partial charge is 0.136 e. The molecule has 3 aromatic rings. The van der Waals surface area contributed by atoms with Crippen molar-refractivity contribution in [2.45, 2.75) is 13.5 Å². The number of aryl methyl sites for hydroxylation is 1. The molecule has 0 aliphatic rings. The fourth-order valence-corrected chi connectivity index (χ4v) is 2.71. The second kappa shape index (κ2) is 7.32. The second-order valence-electron chi connectivity index (χ2n) is 5.54. The minimum Gasteiger partial charge on any atom is -0.269 e. The van der Waals surface area contributed by atoms with Gasteiger partial charge in [0.15, 0.2) is 0 Å². The van der Waals surface area contributed by atoms with E-state index in [4.69, 9.17) is 11.6 Å². The number of nitrogens with zero attached hydrogens (tertiary/aromatic N) is 4. The highest BCUT2D eigenvalue weighted by Crippen LogP contribution is 2.20. The number of hydrogen-bond acceptors (Lipinski definition) is 3. The van der Waals surface area contributed by atoms with Gasteiger partial charge in [-0.25, -0.2) is 4.68 Å². The third kappa shape index (κ3) is 3.66. The van der Waals surface area contributed by atoms with Crippen molar-refractivity contribution in [1.29, 1.82) is 0 Å². The standard InChI is InChI=1S/C19H19ClN4/c1-15-18(13-21-23(2)17-11-7-4-8-12-17)19(20)24(22-15)14-16-9-5-3-6-10-16/h3-13H,14H2,1-2H3/b21-13+. The highest BCUT2D eigenvalue weighted by molar-refractivity contribution is 6.32. The summed E-state index contributed by atoms with van der Waals surface area (Å²) in [6, 6.07) is 20.1. The maximum Gasteiger partial charge on any atom is 0.136 e. The molecule has 0 unspecified atom stereocenters. The Morgan fingerprint density at radius 1 is 1.08 bits per heavy atom. The van der Waals surface area contributed by atoms with Crippen LogP contribution in [0.2, 0.25) is 5.15 Å². The van der Waals surface area contributed by atoms with Crippen LogP contribution >= 0.6 is 11.6 Å². The molecule has 0 saturated heterocycles. The fraction of sp³-hybridized carbons (Fsp3) is 0.158. The zero-order chi connectivity index (χ0) is 16.9. The van der Waals surface area contributed by atoms with E-state index in [1.54, 1.807) is 10.9 Å². The lowest BCUT2D eigenvalue weighted by Gasteiger charge is -2.12. The van der Waals surface area contributed by atoms with E-state index in [9.17, 15) is 0 Å². The highest BCUT2D eigenvalue weighted by atomic mass is 35.5. The molecule has 0 N–H and O–H groups in total. The zero-order valence-electron chi connectivity index (χ0n) is 13.7. The van der Waals surface area contributed by atoms with E-state index in [0.29, 0.717) is 11.7 Å². The summed E-state index contributed by atoms with van der Waals surface area (Å²) in [6.07, 6.45) is 1.76. The summed E-state index contributed by atoms with van der Waals surface area (Å²) >= 11 is 6.50. The van der Waals surface area contributed by atoms with Gasteiger partial charge < -0.3 is 0 Å². The minimum absolute atomic E-state index is 0.599. The number of halogens is 1. The third-order valence-electron chi connectivity index (χ3n) is 3.77. The number of anilines is 1. The lowest BCUT2D eigenvalue weighted by Crippen LogP contribution is -2.08. The van der Waals surface area contributed by atoms with Crippen LogP contribution < -0.4 is 5.01 Å². The first-order chi connectivity index (χ1) is 11.6. The van der Waals surface area contributed by atoms with Crippen molar-refractivity contribution in [3.8, 4) is 0 Å². The topological polar surface area (TPSA) is 33.4 Å². The van der Waals surface area contributed by atoms with Crippen LogP contribution in [0, 0.1) is 6.92 Å². The molecule has 0 spiro atoms. The lowest BCUT2D eigenvalue weighted by molar-refractivity contribution is 0.680. The van der Waals surface area contributed by atoms with Crippen LogP contribution in [0.1, 0.15) is 16.8 Å². The average molecular weight is 339 g/mol. The molecule has 24 heavy (non-hydrogen) atoms. The van der Waals surface area contributed by atoms with E-state index in [0.717, 1.165) is 22.5 Å². The molecule has 0 radical (unpaired) electrons. The SMILES string of the molecule is Cc1nn(Cc2ccccc2)c(Cl)c1/C=N/N(C)c1ccccc1. The maximum absolute atomic E-state index is 6.50. The van der Waals surface area contributed by atoms with Crippen LogP contribution in [-0.2, 0) is 6.54 Å². The van der Waals surface area contributed by atoms with Crippen molar-refractivity contribution in [2.24, 2.45) is 5.10 Å². The Morgan fingerprint density at radius 2 is 1.71 bits per heavy atom. The summed E-state index contributed by atoms with van der Waals surface area (Å²) in [5, 5.41) is 11.4. The summed E-state index contributed by atoms with van der Waals surface area (Å²) in [5.74, 6) is 0. The van der Waals surface area contributed by atoms with E-state index in [1.807, 2.05) is 67.5 Å². The predicted octanol–water partition coefficient (Wildman–Crippen LogP) is 4.36. The first-order valence-corrected chi connectivity index (χ1v) is 8.12. The van der Waals surface area contributed by atoms with Gasteiger partial charge in [0.2, 0.25) is 0 Å². The van der Waals surface area contributed by atoms with Crippen LogP contribution in [0.15, 0.2) is 65.8 Å². The Balaban J connectivity index is 1.80. The zero-order valence-corrected chi connectivity index (χ0v) is 14.5. The van der Waals surface area contributed by atoms with Crippen molar-refractivity contribution in [1.82, 2.24) is 9.78 Å². The lowest BCUT2D eigenvalue weighted by atomic mass is 10.2. The van der Waals surface area contributed by atoms with Gasteiger partial charge in [0.25, 0.3) is 0 Å². The van der Waals surface area contributed by atoms with Gasteiger partial charge in [-0.3, -0.25) is 5.01 Å². The molecular formula is C19H19ClN4. The number of hydrogen-bond donors (Lipinski definition) is 0. The number of rotatable bonds is 5. The largest absolute Gasteiger partial charge is 0.269 e. The summed E-state index contributed by atoms with van der Waals surface area (Å²) in [4.78, 5) is 0. The summed E-state index contributed by atoms with van der Waals surface area (Å²) in [6.45, 7) is 2.58. The quantitative estimate of drug-likeness (QED) is 0.511. The van der Waals surface area contributed by atoms with Crippen molar-refractivity contribution in [3.63, 3.8) is 0 Å². The second-order valence-corrected chi connectivity index (χ2v) is 5.89. The first kappa shape index (κ1) is 16.3. The van der Waals surface area contributed by atoms with Gasteiger partial charge in [-0.1, -0.05) is 60.1 Å². The van der Waals surface area contributed by atoms with E-state index in [1.165, 1.54) is 0 Å². The molecule has 0 aliphatic heterocycles. The molecule has 122 valence electrons. The van der Waals surface area contributed by atoms with Gasteiger partial charge in [-0.05, 0) is 24.6 Å². The van der Waals surface area contributed by atoms with Gasteiger partial charge in [-0.15, -0.1) is 0 Å². The van der Waals surface area contributed by atoms with Crippen molar-refractivity contribution in [3.05, 3.63) is 82.6 Å². The van der Waals surface area contributed by atoms with Crippen LogP contribution in [-0.4, -0.2) is 23.0 Å². The van der Waals surface area contributed by atoms with Gasteiger partial charge in [0, 0.05) is 7.05 Å². The molecule has 0 aliphatic carbocycles. The highest BCUT2D eigenvalue weighted by Gasteiger charge is 2.12. The predicted molar refractivity (Wildman–Crippen MR) is 100.0 cm³/mol. The molecule has 1 heterocycles. The minimum atomic E-state index is 0.599. The van der Waals surface area contributed by atoms with E-state index in [-0.39, 0.29) is 0 Å². The molecule has 2 aromatic carbocycles. The van der Waals surface area contributed by atoms with Gasteiger partial charge in [-0.2, -0.15) is 10.2 Å². The Labute approximate surface area is 147 Å². The van der Waals surface area contributed by atoms with Crippen LogP contribution in [0.3, 0.4) is 0 Å². The van der Waals surface area contributed by atoms with E-state index >= 15 is 0 Å². The molecular weight excluding hydrogens is 320 g/mol. The normalized spacial score (nSPS) is 11.1.